The third-order valence-electron chi connectivity index (χ3n) is 6.73. The van der Waals surface area contributed by atoms with Crippen LogP contribution in [-0.2, 0) is 11.3 Å². The summed E-state index contributed by atoms with van der Waals surface area (Å²) in [5, 5.41) is 3.99. The lowest BCUT2D eigenvalue weighted by Gasteiger charge is -2.34. The van der Waals surface area contributed by atoms with E-state index in [9.17, 15) is 9.59 Å². The second kappa shape index (κ2) is 11.9. The number of pyridine rings is 1. The number of nitrogens with one attached hydrogen (secondary N) is 1. The number of rotatable bonds is 8. The van der Waals surface area contributed by atoms with Crippen molar-refractivity contribution in [1.29, 1.82) is 0 Å². The molecule has 38 heavy (non-hydrogen) atoms. The molecular formula is C30H32N4O4. The van der Waals surface area contributed by atoms with Gasteiger partial charge >= 0.3 is 6.09 Å². The smallest absolute Gasteiger partial charge is 0.409 e. The van der Waals surface area contributed by atoms with E-state index in [4.69, 9.17) is 9.15 Å². The lowest BCUT2D eigenvalue weighted by molar-refractivity contribution is 0.0737. The summed E-state index contributed by atoms with van der Waals surface area (Å²) in [7, 11) is 0. The molecule has 5 rings (SSSR count). The number of fused-ring (bicyclic) bond motifs is 1. The number of carbonyl (C=O) groups is 2. The van der Waals surface area contributed by atoms with Gasteiger partial charge in [0.05, 0.1) is 12.3 Å². The summed E-state index contributed by atoms with van der Waals surface area (Å²) in [6.45, 7) is 6.28. The Kier molecular flexibility index (Phi) is 7.99. The number of anilines is 1. The van der Waals surface area contributed by atoms with Crippen molar-refractivity contribution < 1.29 is 18.7 Å². The minimum Gasteiger partial charge on any atom is -0.456 e. The highest BCUT2D eigenvalue weighted by atomic mass is 16.6. The quantitative estimate of drug-likeness (QED) is 0.300. The standard InChI is InChI=1S/C30H32N4O4/c1-2-3-18-37-30(36)34-16-14-33(15-17-34)21-22-8-9-24-20-28(38-27(24)19-22)25-6-4-5-7-26(25)32-29(35)23-10-12-31-13-11-23/h4-13,19-20H,2-3,14-18,21H2,1H3,(H,32,35). The summed E-state index contributed by atoms with van der Waals surface area (Å²) in [4.78, 5) is 33.0. The Labute approximate surface area is 222 Å². The molecule has 4 aromatic rings. The van der Waals surface area contributed by atoms with Gasteiger partial charge in [-0.25, -0.2) is 4.79 Å². The zero-order valence-corrected chi connectivity index (χ0v) is 21.6. The molecule has 1 saturated heterocycles. The van der Waals surface area contributed by atoms with Crippen LogP contribution in [0.15, 0.2) is 77.5 Å². The van der Waals surface area contributed by atoms with Crippen LogP contribution in [0.1, 0.15) is 35.7 Å². The van der Waals surface area contributed by atoms with Crippen LogP contribution in [0.4, 0.5) is 10.5 Å². The van der Waals surface area contributed by atoms with Gasteiger partial charge in [0, 0.05) is 61.6 Å². The molecule has 196 valence electrons. The van der Waals surface area contributed by atoms with Gasteiger partial charge in [-0.05, 0) is 48.4 Å². The third kappa shape index (κ3) is 6.03. The Morgan fingerprint density at radius 1 is 1.00 bits per heavy atom. The number of furan rings is 1. The van der Waals surface area contributed by atoms with E-state index in [2.05, 4.69) is 40.3 Å². The van der Waals surface area contributed by atoms with E-state index in [1.807, 2.05) is 30.3 Å². The molecule has 0 bridgehead atoms. The summed E-state index contributed by atoms with van der Waals surface area (Å²) >= 11 is 0. The van der Waals surface area contributed by atoms with E-state index >= 15 is 0 Å². The van der Waals surface area contributed by atoms with E-state index in [1.54, 1.807) is 29.4 Å². The van der Waals surface area contributed by atoms with Crippen LogP contribution in [0.5, 0.6) is 0 Å². The molecule has 1 N–H and O–H groups in total. The largest absolute Gasteiger partial charge is 0.456 e. The van der Waals surface area contributed by atoms with E-state index in [0.29, 0.717) is 36.7 Å². The average molecular weight is 513 g/mol. The summed E-state index contributed by atoms with van der Waals surface area (Å²) < 4.78 is 11.6. The fourth-order valence-electron chi connectivity index (χ4n) is 4.55. The number of hydrogen-bond donors (Lipinski definition) is 1. The van der Waals surface area contributed by atoms with Crippen LogP contribution < -0.4 is 5.32 Å². The van der Waals surface area contributed by atoms with Crippen LogP contribution in [0, 0.1) is 0 Å². The molecule has 1 aliphatic rings. The van der Waals surface area contributed by atoms with Crippen LogP contribution >= 0.6 is 0 Å². The molecule has 2 amide bonds. The third-order valence-corrected chi connectivity index (χ3v) is 6.73. The maximum atomic E-state index is 12.7. The van der Waals surface area contributed by atoms with Gasteiger partial charge in [-0.15, -0.1) is 0 Å². The van der Waals surface area contributed by atoms with Crippen molar-refractivity contribution in [2.24, 2.45) is 0 Å². The number of benzene rings is 2. The van der Waals surface area contributed by atoms with Crippen molar-refractivity contribution in [1.82, 2.24) is 14.8 Å². The van der Waals surface area contributed by atoms with Gasteiger partial charge in [-0.2, -0.15) is 0 Å². The molecule has 2 aromatic carbocycles. The zero-order chi connectivity index (χ0) is 26.3. The van der Waals surface area contributed by atoms with Gasteiger partial charge in [-0.1, -0.05) is 37.6 Å². The molecular weight excluding hydrogens is 480 g/mol. The van der Waals surface area contributed by atoms with Gasteiger partial charge in [0.15, 0.2) is 0 Å². The summed E-state index contributed by atoms with van der Waals surface area (Å²) in [5.74, 6) is 0.491. The lowest BCUT2D eigenvalue weighted by Crippen LogP contribution is -2.48. The average Bonchev–Trinajstić information content (AvgIpc) is 3.37. The fourth-order valence-corrected chi connectivity index (χ4v) is 4.55. The van der Waals surface area contributed by atoms with Gasteiger partial charge in [0.2, 0.25) is 0 Å². The number of piperazine rings is 1. The molecule has 8 heteroatoms. The number of unbranched alkanes of at least 4 members (excludes halogenated alkanes) is 1. The second-order valence-electron chi connectivity index (χ2n) is 9.45. The molecule has 8 nitrogen and oxygen atoms in total. The first-order valence-electron chi connectivity index (χ1n) is 13.1. The van der Waals surface area contributed by atoms with E-state index < -0.39 is 0 Å². The SMILES string of the molecule is CCCCOC(=O)N1CCN(Cc2ccc3cc(-c4ccccc4NC(=O)c4ccncc4)oc3c2)CC1. The van der Waals surface area contributed by atoms with Crippen LogP contribution in [-0.4, -0.2) is 59.6 Å². The number of aromatic nitrogens is 1. The number of amides is 2. The van der Waals surface area contributed by atoms with E-state index in [1.165, 1.54) is 0 Å². The van der Waals surface area contributed by atoms with E-state index in [-0.39, 0.29) is 12.0 Å². The van der Waals surface area contributed by atoms with Crippen molar-refractivity contribution in [2.75, 3.05) is 38.1 Å². The lowest BCUT2D eigenvalue weighted by atomic mass is 10.1. The summed E-state index contributed by atoms with van der Waals surface area (Å²) in [6.07, 6.45) is 4.90. The Morgan fingerprint density at radius 3 is 2.58 bits per heavy atom. The van der Waals surface area contributed by atoms with Crippen molar-refractivity contribution >= 4 is 28.7 Å². The van der Waals surface area contributed by atoms with Gasteiger partial charge in [0.1, 0.15) is 11.3 Å². The van der Waals surface area contributed by atoms with Crippen molar-refractivity contribution in [2.45, 2.75) is 26.3 Å². The van der Waals surface area contributed by atoms with Crippen molar-refractivity contribution in [3.63, 3.8) is 0 Å². The first kappa shape index (κ1) is 25.5. The van der Waals surface area contributed by atoms with Crippen LogP contribution in [0.25, 0.3) is 22.3 Å². The molecule has 1 aliphatic heterocycles. The topological polar surface area (TPSA) is 87.9 Å². The fraction of sp³-hybridized carbons (Fsp3) is 0.300. The van der Waals surface area contributed by atoms with Gasteiger partial charge in [-0.3, -0.25) is 14.7 Å². The summed E-state index contributed by atoms with van der Waals surface area (Å²) in [6, 6.07) is 19.2. The Balaban J connectivity index is 1.24. The molecule has 0 saturated carbocycles. The maximum Gasteiger partial charge on any atom is 0.409 e. The predicted molar refractivity (Wildman–Crippen MR) is 147 cm³/mol. The van der Waals surface area contributed by atoms with Crippen molar-refractivity contribution in [3.8, 4) is 11.3 Å². The highest BCUT2D eigenvalue weighted by Gasteiger charge is 2.22. The first-order valence-corrected chi connectivity index (χ1v) is 13.1. The first-order chi connectivity index (χ1) is 18.6. The number of ether oxygens (including phenoxy) is 1. The van der Waals surface area contributed by atoms with Crippen molar-refractivity contribution in [3.05, 3.63) is 84.2 Å². The van der Waals surface area contributed by atoms with Crippen LogP contribution in [0.3, 0.4) is 0 Å². The number of para-hydroxylation sites is 1. The molecule has 2 aromatic heterocycles. The van der Waals surface area contributed by atoms with Crippen LogP contribution in [0.2, 0.25) is 0 Å². The zero-order valence-electron chi connectivity index (χ0n) is 21.6. The minimum atomic E-state index is -0.208. The maximum absolute atomic E-state index is 12.7. The molecule has 0 atom stereocenters. The number of nitrogens with zero attached hydrogens (tertiary/aromatic N) is 3. The van der Waals surface area contributed by atoms with Gasteiger partial charge in [0.25, 0.3) is 5.91 Å². The highest BCUT2D eigenvalue weighted by molar-refractivity contribution is 6.06. The molecule has 0 radical (unpaired) electrons. The predicted octanol–water partition coefficient (Wildman–Crippen LogP) is 5.80. The molecule has 0 unspecified atom stereocenters. The molecule has 0 aliphatic carbocycles. The number of hydrogen-bond acceptors (Lipinski definition) is 6. The second-order valence-corrected chi connectivity index (χ2v) is 9.45. The van der Waals surface area contributed by atoms with E-state index in [0.717, 1.165) is 54.6 Å². The minimum absolute atomic E-state index is 0.201. The molecule has 0 spiro atoms. The monoisotopic (exact) mass is 512 g/mol. The molecule has 1 fully saturated rings. The highest BCUT2D eigenvalue weighted by Crippen LogP contribution is 2.33. The number of carbonyl (C=O) groups excluding carboxylic acids is 2. The Bertz CT molecular complexity index is 1390. The Hall–Kier alpha value is -4.17. The summed E-state index contributed by atoms with van der Waals surface area (Å²) in [5.41, 5.74) is 3.98. The normalized spacial score (nSPS) is 14.0. The Morgan fingerprint density at radius 2 is 1.79 bits per heavy atom. The molecule has 3 heterocycles. The van der Waals surface area contributed by atoms with Gasteiger partial charge < -0.3 is 19.4 Å².